The Balaban J connectivity index is 1.67. The highest BCUT2D eigenvalue weighted by Crippen LogP contribution is 2.42. The fraction of sp³-hybridized carbons (Fsp3) is 0.429. The minimum atomic E-state index is -1.44. The van der Waals surface area contributed by atoms with Crippen molar-refractivity contribution in [3.63, 3.8) is 0 Å². The molecule has 1 fully saturated rings. The smallest absolute Gasteiger partial charge is 0.231 e. The molecule has 1 saturated heterocycles. The Bertz CT molecular complexity index is 851. The highest BCUT2D eigenvalue weighted by molar-refractivity contribution is 5.53. The molecule has 8 nitrogen and oxygen atoms in total. The molecule has 0 spiro atoms. The second-order valence-electron chi connectivity index (χ2n) is 7.19. The molecule has 0 aliphatic carbocycles. The molecule has 5 atom stereocenters. The van der Waals surface area contributed by atoms with Crippen LogP contribution < -0.4 is 14.2 Å². The summed E-state index contributed by atoms with van der Waals surface area (Å²) in [6.07, 6.45) is -5.58. The minimum Gasteiger partial charge on any atom is -0.497 e. The van der Waals surface area contributed by atoms with Gasteiger partial charge in [-0.1, -0.05) is 12.1 Å². The van der Waals surface area contributed by atoms with Gasteiger partial charge in [-0.3, -0.25) is 0 Å². The number of ether oxygens (including phenoxy) is 4. The lowest BCUT2D eigenvalue weighted by Crippen LogP contribution is -2.55. The van der Waals surface area contributed by atoms with E-state index < -0.39 is 37.1 Å². The second-order valence-corrected chi connectivity index (χ2v) is 7.19. The molecular formula is C21H24O8. The van der Waals surface area contributed by atoms with Crippen LogP contribution >= 0.6 is 0 Å². The van der Waals surface area contributed by atoms with E-state index in [2.05, 4.69) is 0 Å². The van der Waals surface area contributed by atoms with Gasteiger partial charge in [0.15, 0.2) is 11.5 Å². The predicted octanol–water partition coefficient (Wildman–Crippen LogP) is 0.530. The Morgan fingerprint density at radius 2 is 1.76 bits per heavy atom. The molecule has 0 amide bonds. The number of benzene rings is 2. The molecule has 29 heavy (non-hydrogen) atoms. The lowest BCUT2D eigenvalue weighted by atomic mass is 9.89. The molecule has 2 aliphatic heterocycles. The van der Waals surface area contributed by atoms with Crippen LogP contribution in [0.3, 0.4) is 0 Å². The van der Waals surface area contributed by atoms with Crippen molar-refractivity contribution in [1.82, 2.24) is 0 Å². The van der Waals surface area contributed by atoms with E-state index in [1.807, 2.05) is 30.3 Å². The highest BCUT2D eigenvalue weighted by Gasteiger charge is 2.44. The largest absolute Gasteiger partial charge is 0.497 e. The third kappa shape index (κ3) is 3.77. The predicted molar refractivity (Wildman–Crippen MR) is 101 cm³/mol. The Labute approximate surface area is 167 Å². The van der Waals surface area contributed by atoms with Crippen molar-refractivity contribution in [2.75, 3.05) is 20.5 Å². The van der Waals surface area contributed by atoms with E-state index in [1.165, 1.54) is 0 Å². The van der Waals surface area contributed by atoms with Crippen molar-refractivity contribution in [1.29, 1.82) is 0 Å². The maximum Gasteiger partial charge on any atom is 0.231 e. The number of fused-ring (bicyclic) bond motifs is 1. The average molecular weight is 404 g/mol. The standard InChI is InChI=1S/C21H24O8/c1-26-14-4-2-11(3-5-14)6-12-7-13(8-15-20(12)28-10-27-15)21-19(25)18(24)17(23)16(9-22)29-21/h2-5,7-8,16-19,21-25H,6,9-10H2,1H3. The number of aliphatic hydroxyl groups excluding tert-OH is 4. The second kappa shape index (κ2) is 8.17. The minimum absolute atomic E-state index is 0.0864. The Morgan fingerprint density at radius 3 is 2.45 bits per heavy atom. The van der Waals surface area contributed by atoms with Gasteiger partial charge in [-0.05, 0) is 35.4 Å². The third-order valence-corrected chi connectivity index (χ3v) is 5.35. The van der Waals surface area contributed by atoms with E-state index >= 15 is 0 Å². The molecule has 0 saturated carbocycles. The van der Waals surface area contributed by atoms with E-state index in [4.69, 9.17) is 18.9 Å². The molecule has 5 unspecified atom stereocenters. The van der Waals surface area contributed by atoms with Crippen LogP contribution in [0.2, 0.25) is 0 Å². The summed E-state index contributed by atoms with van der Waals surface area (Å²) in [6.45, 7) is -0.395. The Kier molecular flexibility index (Phi) is 5.62. The normalized spacial score (nSPS) is 28.4. The van der Waals surface area contributed by atoms with Crippen LogP contribution in [0.1, 0.15) is 22.8 Å². The Hall–Kier alpha value is -2.36. The van der Waals surface area contributed by atoms with Crippen LogP contribution in [0.5, 0.6) is 17.2 Å². The molecule has 2 heterocycles. The molecule has 8 heteroatoms. The SMILES string of the molecule is COc1ccc(Cc2cc(C3OC(CO)C(O)C(O)C3O)cc3c2OCO3)cc1. The zero-order valence-corrected chi connectivity index (χ0v) is 15.9. The number of aliphatic hydroxyl groups is 4. The summed E-state index contributed by atoms with van der Waals surface area (Å²) in [6, 6.07) is 11.1. The van der Waals surface area contributed by atoms with Crippen molar-refractivity contribution in [2.45, 2.75) is 36.9 Å². The van der Waals surface area contributed by atoms with Crippen molar-refractivity contribution in [3.8, 4) is 17.2 Å². The molecule has 0 aromatic heterocycles. The molecule has 4 N–H and O–H groups in total. The van der Waals surface area contributed by atoms with Crippen molar-refractivity contribution >= 4 is 0 Å². The first kappa shape index (κ1) is 19.9. The van der Waals surface area contributed by atoms with Crippen LogP contribution in [0, 0.1) is 0 Å². The van der Waals surface area contributed by atoms with Gasteiger partial charge in [-0.2, -0.15) is 0 Å². The highest BCUT2D eigenvalue weighted by atomic mass is 16.7. The monoisotopic (exact) mass is 404 g/mol. The van der Waals surface area contributed by atoms with Gasteiger partial charge in [0, 0.05) is 12.0 Å². The van der Waals surface area contributed by atoms with Crippen molar-refractivity contribution < 1.29 is 39.4 Å². The maximum absolute atomic E-state index is 10.5. The lowest BCUT2D eigenvalue weighted by molar-refractivity contribution is -0.231. The summed E-state index contributed by atoms with van der Waals surface area (Å²) < 4.78 is 22.0. The van der Waals surface area contributed by atoms with E-state index in [0.29, 0.717) is 23.5 Å². The summed E-state index contributed by atoms with van der Waals surface area (Å²) in [7, 11) is 1.61. The van der Waals surface area contributed by atoms with Gasteiger partial charge < -0.3 is 39.4 Å². The first-order valence-corrected chi connectivity index (χ1v) is 9.37. The van der Waals surface area contributed by atoms with Crippen LogP contribution in [-0.2, 0) is 11.2 Å². The van der Waals surface area contributed by atoms with Gasteiger partial charge in [-0.15, -0.1) is 0 Å². The summed E-state index contributed by atoms with van der Waals surface area (Å²) in [4.78, 5) is 0. The van der Waals surface area contributed by atoms with Crippen LogP contribution in [0.15, 0.2) is 36.4 Å². The molecule has 2 aliphatic rings. The summed E-state index contributed by atoms with van der Waals surface area (Å²) >= 11 is 0. The van der Waals surface area contributed by atoms with Gasteiger partial charge in [0.05, 0.1) is 13.7 Å². The fourth-order valence-corrected chi connectivity index (χ4v) is 3.74. The molecule has 4 rings (SSSR count). The molecule has 2 aromatic carbocycles. The van der Waals surface area contributed by atoms with Crippen LogP contribution in [-0.4, -0.2) is 65.4 Å². The molecule has 2 aromatic rings. The summed E-state index contributed by atoms with van der Waals surface area (Å²) in [5.41, 5.74) is 2.42. The van der Waals surface area contributed by atoms with E-state index in [1.54, 1.807) is 13.2 Å². The number of hydrogen-bond donors (Lipinski definition) is 4. The number of rotatable bonds is 5. The van der Waals surface area contributed by atoms with E-state index in [0.717, 1.165) is 16.9 Å². The summed E-state index contributed by atoms with van der Waals surface area (Å²) in [5.74, 6) is 1.89. The van der Waals surface area contributed by atoms with E-state index in [-0.39, 0.29) is 6.79 Å². The maximum atomic E-state index is 10.5. The first-order chi connectivity index (χ1) is 14.0. The molecular weight excluding hydrogens is 380 g/mol. The van der Waals surface area contributed by atoms with E-state index in [9.17, 15) is 20.4 Å². The summed E-state index contributed by atoms with van der Waals surface area (Å²) in [5, 5.41) is 40.0. The first-order valence-electron chi connectivity index (χ1n) is 9.37. The average Bonchev–Trinajstić information content (AvgIpc) is 3.22. The third-order valence-electron chi connectivity index (χ3n) is 5.35. The molecule has 0 radical (unpaired) electrons. The fourth-order valence-electron chi connectivity index (χ4n) is 3.74. The van der Waals surface area contributed by atoms with Gasteiger partial charge in [0.25, 0.3) is 0 Å². The lowest BCUT2D eigenvalue weighted by Gasteiger charge is -2.40. The Morgan fingerprint density at radius 1 is 1.00 bits per heavy atom. The zero-order valence-electron chi connectivity index (χ0n) is 15.9. The van der Waals surface area contributed by atoms with Crippen molar-refractivity contribution in [3.05, 3.63) is 53.1 Å². The quantitative estimate of drug-likeness (QED) is 0.570. The molecule has 156 valence electrons. The van der Waals surface area contributed by atoms with Crippen LogP contribution in [0.25, 0.3) is 0 Å². The molecule has 0 bridgehead atoms. The topological polar surface area (TPSA) is 118 Å². The van der Waals surface area contributed by atoms with Gasteiger partial charge in [-0.25, -0.2) is 0 Å². The van der Waals surface area contributed by atoms with Crippen molar-refractivity contribution in [2.24, 2.45) is 0 Å². The van der Waals surface area contributed by atoms with Gasteiger partial charge in [0.1, 0.15) is 36.3 Å². The zero-order chi connectivity index (χ0) is 20.5. The number of hydrogen-bond acceptors (Lipinski definition) is 8. The van der Waals surface area contributed by atoms with Gasteiger partial charge in [0.2, 0.25) is 6.79 Å². The van der Waals surface area contributed by atoms with Crippen LogP contribution in [0.4, 0.5) is 0 Å². The van der Waals surface area contributed by atoms with Gasteiger partial charge >= 0.3 is 0 Å². The number of methoxy groups -OCH3 is 1.